The van der Waals surface area contributed by atoms with E-state index in [2.05, 4.69) is 0 Å². The molecule has 0 saturated carbocycles. The van der Waals surface area contributed by atoms with Gasteiger partial charge in [-0.2, -0.15) is 0 Å². The van der Waals surface area contributed by atoms with Crippen LogP contribution in [0.2, 0.25) is 0 Å². The van der Waals surface area contributed by atoms with Crippen molar-refractivity contribution in [2.45, 2.75) is 13.0 Å². The van der Waals surface area contributed by atoms with E-state index in [-0.39, 0.29) is 0 Å². The largest absolute Gasteiger partial charge is 0.323 e. The maximum absolute atomic E-state index is 10.3. The van der Waals surface area contributed by atoms with E-state index in [9.17, 15) is 4.79 Å². The highest BCUT2D eigenvalue weighted by Crippen LogP contribution is 2.22. The third kappa shape index (κ3) is 1.63. The third-order valence-electron chi connectivity index (χ3n) is 2.04. The lowest BCUT2D eigenvalue weighted by Gasteiger charge is -2.00. The number of nitrogens with zero attached hydrogens (tertiary/aromatic N) is 1. The molecule has 0 amide bonds. The predicted molar refractivity (Wildman–Crippen MR) is 61.3 cm³/mol. The van der Waals surface area contributed by atoms with Gasteiger partial charge in [-0.3, -0.25) is 0 Å². The Morgan fingerprint density at radius 2 is 2.21 bits per heavy atom. The van der Waals surface area contributed by atoms with E-state index < -0.39 is 0 Å². The van der Waals surface area contributed by atoms with Gasteiger partial charge >= 0.3 is 0 Å². The van der Waals surface area contributed by atoms with Crippen molar-refractivity contribution < 1.29 is 4.79 Å². The van der Waals surface area contributed by atoms with E-state index in [0.717, 1.165) is 15.8 Å². The summed E-state index contributed by atoms with van der Waals surface area (Å²) in [6.45, 7) is 0.687. The molecule has 0 atom stereocenters. The van der Waals surface area contributed by atoms with Gasteiger partial charge in [0.05, 0.1) is 10.2 Å². The molecule has 1 aromatic carbocycles. The number of fused-ring (bicyclic) bond motifs is 1. The Hall–Kier alpha value is -1.00. The standard InChI is InChI=1S/C10H9NOS2/c12-7-3-6-11-8-4-1-2-5-9(8)14-10(11)13/h1-2,4-5,7H,3,6H2. The van der Waals surface area contributed by atoms with Crippen molar-refractivity contribution in [1.82, 2.24) is 4.57 Å². The number of aromatic nitrogens is 1. The highest BCUT2D eigenvalue weighted by atomic mass is 32.1. The molecule has 0 fully saturated rings. The number of hydrogen-bond donors (Lipinski definition) is 0. The van der Waals surface area contributed by atoms with Gasteiger partial charge in [0.2, 0.25) is 0 Å². The number of thiazole rings is 1. The van der Waals surface area contributed by atoms with E-state index in [4.69, 9.17) is 12.2 Å². The van der Waals surface area contributed by atoms with Gasteiger partial charge in [0, 0.05) is 13.0 Å². The average Bonchev–Trinajstić information content (AvgIpc) is 2.51. The van der Waals surface area contributed by atoms with E-state index in [1.54, 1.807) is 11.3 Å². The minimum atomic E-state index is 0.523. The Kier molecular flexibility index (Phi) is 2.74. The number of hydrogen-bond acceptors (Lipinski definition) is 3. The van der Waals surface area contributed by atoms with Crippen LogP contribution in [0.25, 0.3) is 10.2 Å². The number of carbonyl (C=O) groups excluding carboxylic acids is 1. The number of aryl methyl sites for hydroxylation is 1. The Balaban J connectivity index is 2.56. The quantitative estimate of drug-likeness (QED) is 0.589. The summed E-state index contributed by atoms with van der Waals surface area (Å²) in [5, 5.41) is 0. The molecule has 14 heavy (non-hydrogen) atoms. The van der Waals surface area contributed by atoms with E-state index in [0.29, 0.717) is 13.0 Å². The second-order valence-corrected chi connectivity index (χ2v) is 4.62. The summed E-state index contributed by atoms with van der Waals surface area (Å²) in [6.07, 6.45) is 1.45. The van der Waals surface area contributed by atoms with Crippen molar-refractivity contribution in [2.24, 2.45) is 0 Å². The summed E-state index contributed by atoms with van der Waals surface area (Å²) in [7, 11) is 0. The van der Waals surface area contributed by atoms with Gasteiger partial charge in [-0.15, -0.1) is 11.3 Å². The molecule has 2 aromatic rings. The molecular formula is C10H9NOS2. The van der Waals surface area contributed by atoms with E-state index >= 15 is 0 Å². The minimum Gasteiger partial charge on any atom is -0.323 e. The van der Waals surface area contributed by atoms with Gasteiger partial charge < -0.3 is 9.36 Å². The van der Waals surface area contributed by atoms with Crippen LogP contribution in [0.4, 0.5) is 0 Å². The maximum atomic E-state index is 10.3. The van der Waals surface area contributed by atoms with Gasteiger partial charge in [0.25, 0.3) is 0 Å². The number of carbonyl (C=O) groups is 1. The van der Waals surface area contributed by atoms with Crippen molar-refractivity contribution in [3.63, 3.8) is 0 Å². The van der Waals surface area contributed by atoms with Gasteiger partial charge in [0.15, 0.2) is 3.95 Å². The lowest BCUT2D eigenvalue weighted by molar-refractivity contribution is -0.108. The van der Waals surface area contributed by atoms with Crippen molar-refractivity contribution in [2.75, 3.05) is 0 Å². The fourth-order valence-corrected chi connectivity index (χ4v) is 2.78. The zero-order valence-corrected chi connectivity index (χ0v) is 9.11. The molecule has 0 saturated heterocycles. The summed E-state index contributed by atoms with van der Waals surface area (Å²) >= 11 is 6.82. The zero-order chi connectivity index (χ0) is 9.97. The summed E-state index contributed by atoms with van der Waals surface area (Å²) in [4.78, 5) is 10.3. The van der Waals surface area contributed by atoms with Crippen molar-refractivity contribution >= 4 is 40.1 Å². The normalized spacial score (nSPS) is 10.6. The van der Waals surface area contributed by atoms with Crippen LogP contribution in [0, 0.1) is 3.95 Å². The molecule has 0 aliphatic heterocycles. The molecule has 2 rings (SSSR count). The first kappa shape index (κ1) is 9.55. The smallest absolute Gasteiger partial charge is 0.162 e. The van der Waals surface area contributed by atoms with Crippen LogP contribution in [-0.4, -0.2) is 10.9 Å². The highest BCUT2D eigenvalue weighted by molar-refractivity contribution is 7.73. The van der Waals surface area contributed by atoms with Crippen LogP contribution in [0.5, 0.6) is 0 Å². The number of benzene rings is 1. The molecule has 0 bridgehead atoms. The molecule has 0 unspecified atom stereocenters. The summed E-state index contributed by atoms with van der Waals surface area (Å²) in [5.41, 5.74) is 1.13. The van der Waals surface area contributed by atoms with Crippen LogP contribution in [0.1, 0.15) is 6.42 Å². The fraction of sp³-hybridized carbons (Fsp3) is 0.200. The third-order valence-corrected chi connectivity index (χ3v) is 3.47. The molecule has 1 aromatic heterocycles. The summed E-state index contributed by atoms with van der Waals surface area (Å²) < 4.78 is 4.04. The number of rotatable bonds is 3. The van der Waals surface area contributed by atoms with Crippen LogP contribution in [0.3, 0.4) is 0 Å². The number of aldehydes is 1. The molecule has 0 aliphatic rings. The second kappa shape index (κ2) is 4.02. The van der Waals surface area contributed by atoms with E-state index in [1.807, 2.05) is 28.8 Å². The van der Waals surface area contributed by atoms with Crippen LogP contribution >= 0.6 is 23.6 Å². The Morgan fingerprint density at radius 3 is 3.00 bits per heavy atom. The molecule has 72 valence electrons. The van der Waals surface area contributed by atoms with Crippen LogP contribution < -0.4 is 0 Å². The average molecular weight is 223 g/mol. The second-order valence-electron chi connectivity index (χ2n) is 2.94. The highest BCUT2D eigenvalue weighted by Gasteiger charge is 2.02. The molecule has 0 aliphatic carbocycles. The zero-order valence-electron chi connectivity index (χ0n) is 7.47. The summed E-state index contributed by atoms with van der Waals surface area (Å²) in [6, 6.07) is 8.07. The Labute approximate surface area is 90.8 Å². The first-order valence-electron chi connectivity index (χ1n) is 4.35. The van der Waals surface area contributed by atoms with Crippen LogP contribution in [-0.2, 0) is 11.3 Å². The molecule has 2 nitrogen and oxygen atoms in total. The van der Waals surface area contributed by atoms with Crippen molar-refractivity contribution in [3.05, 3.63) is 28.2 Å². The first-order valence-corrected chi connectivity index (χ1v) is 5.57. The first-order chi connectivity index (χ1) is 6.83. The lowest BCUT2D eigenvalue weighted by atomic mass is 10.3. The van der Waals surface area contributed by atoms with Crippen molar-refractivity contribution in [3.8, 4) is 0 Å². The molecule has 0 N–H and O–H groups in total. The minimum absolute atomic E-state index is 0.523. The Morgan fingerprint density at radius 1 is 1.43 bits per heavy atom. The van der Waals surface area contributed by atoms with Gasteiger partial charge in [-0.25, -0.2) is 0 Å². The van der Waals surface area contributed by atoms with E-state index in [1.165, 1.54) is 4.70 Å². The lowest BCUT2D eigenvalue weighted by Crippen LogP contribution is -1.97. The van der Waals surface area contributed by atoms with Gasteiger partial charge in [-0.05, 0) is 24.4 Å². The molecular weight excluding hydrogens is 214 g/mol. The maximum Gasteiger partial charge on any atom is 0.162 e. The van der Waals surface area contributed by atoms with Gasteiger partial charge in [0.1, 0.15) is 6.29 Å². The predicted octanol–water partition coefficient (Wildman–Crippen LogP) is 3.02. The fourth-order valence-electron chi connectivity index (χ4n) is 1.41. The molecule has 0 radical (unpaired) electrons. The van der Waals surface area contributed by atoms with Crippen LogP contribution in [0.15, 0.2) is 24.3 Å². The molecule has 0 spiro atoms. The number of para-hydroxylation sites is 1. The summed E-state index contributed by atoms with van der Waals surface area (Å²) in [5.74, 6) is 0. The van der Waals surface area contributed by atoms with Crippen molar-refractivity contribution in [1.29, 1.82) is 0 Å². The monoisotopic (exact) mass is 223 g/mol. The molecule has 1 heterocycles. The topological polar surface area (TPSA) is 22.0 Å². The molecule has 4 heteroatoms. The Bertz CT molecular complexity index is 512. The van der Waals surface area contributed by atoms with Gasteiger partial charge in [-0.1, -0.05) is 12.1 Å². The SMILES string of the molecule is O=CCCn1c(=S)sc2ccccc21.